The molecule has 0 heterocycles. The molecule has 0 radical (unpaired) electrons. The molecule has 23 heavy (non-hydrogen) atoms. The minimum Gasteiger partial charge on any atom is -0.480 e. The zero-order chi connectivity index (χ0) is 18.0. The summed E-state index contributed by atoms with van der Waals surface area (Å²) >= 11 is 1.39. The van der Waals surface area contributed by atoms with Gasteiger partial charge in [-0.05, 0) is 18.8 Å². The molecule has 0 saturated carbocycles. The first-order valence-electron chi connectivity index (χ1n) is 7.45. The van der Waals surface area contributed by atoms with Crippen molar-refractivity contribution in [1.82, 2.24) is 5.32 Å². The molecule has 0 aliphatic heterocycles. The van der Waals surface area contributed by atoms with Gasteiger partial charge in [0.2, 0.25) is 5.91 Å². The van der Waals surface area contributed by atoms with Gasteiger partial charge in [-0.25, -0.2) is 4.79 Å². The first-order valence-corrected chi connectivity index (χ1v) is 8.50. The van der Waals surface area contributed by atoms with E-state index in [0.29, 0.717) is 0 Å². The Balaban J connectivity index is 4.43. The van der Waals surface area contributed by atoms with E-state index in [9.17, 15) is 19.5 Å². The molecular weight excluding hydrogens is 324 g/mol. The first-order chi connectivity index (χ1) is 10.7. The number of aliphatic hydroxyl groups excluding tert-OH is 1. The molecule has 0 bridgehead atoms. The van der Waals surface area contributed by atoms with E-state index in [1.165, 1.54) is 11.8 Å². The van der Waals surface area contributed by atoms with Crippen LogP contribution in [-0.2, 0) is 14.4 Å². The Kier molecular flexibility index (Phi) is 10.6. The molecular formula is C14H26N2O6S. The maximum Gasteiger partial charge on any atom is 0.327 e. The first kappa shape index (κ1) is 21.7. The van der Waals surface area contributed by atoms with Crippen molar-refractivity contribution in [2.75, 3.05) is 12.4 Å². The van der Waals surface area contributed by atoms with E-state index in [2.05, 4.69) is 5.32 Å². The largest absolute Gasteiger partial charge is 0.480 e. The smallest absolute Gasteiger partial charge is 0.327 e. The summed E-state index contributed by atoms with van der Waals surface area (Å²) in [6, 6.07) is -2.21. The lowest BCUT2D eigenvalue weighted by molar-refractivity contribution is -0.141. The van der Waals surface area contributed by atoms with Crippen molar-refractivity contribution < 1.29 is 29.7 Å². The monoisotopic (exact) mass is 350 g/mol. The van der Waals surface area contributed by atoms with E-state index in [0.717, 1.165) is 6.42 Å². The van der Waals surface area contributed by atoms with E-state index in [1.54, 1.807) is 0 Å². The standard InChI is InChI=1S/C14H26N2O6S/c1-3-11(8(2)6-17)23-7-10(14(21)22)16-12(18)5-4-9(15)13(19)20/h8-11,17H,3-7,15H2,1-2H3,(H,16,18)(H,19,20)(H,21,22)/t8?,9-,10-,11?/m0/s1. The van der Waals surface area contributed by atoms with Crippen LogP contribution in [-0.4, -0.2) is 62.9 Å². The fourth-order valence-electron chi connectivity index (χ4n) is 1.87. The highest BCUT2D eigenvalue weighted by Gasteiger charge is 2.24. The summed E-state index contributed by atoms with van der Waals surface area (Å²) in [4.78, 5) is 33.5. The maximum absolute atomic E-state index is 11.7. The number of carbonyl (C=O) groups is 3. The molecule has 0 fully saturated rings. The number of hydrogen-bond donors (Lipinski definition) is 5. The van der Waals surface area contributed by atoms with E-state index in [-0.39, 0.29) is 36.4 Å². The third kappa shape index (κ3) is 8.77. The number of nitrogens with one attached hydrogen (secondary N) is 1. The second kappa shape index (κ2) is 11.3. The quantitative estimate of drug-likeness (QED) is 0.327. The molecule has 0 rings (SSSR count). The molecule has 9 heteroatoms. The summed E-state index contributed by atoms with van der Waals surface area (Å²) in [6.45, 7) is 3.84. The fraction of sp³-hybridized carbons (Fsp3) is 0.786. The van der Waals surface area contributed by atoms with Gasteiger partial charge in [0, 0.05) is 24.0 Å². The van der Waals surface area contributed by atoms with Crippen molar-refractivity contribution >= 4 is 29.6 Å². The van der Waals surface area contributed by atoms with Crippen molar-refractivity contribution in [1.29, 1.82) is 0 Å². The van der Waals surface area contributed by atoms with E-state index in [4.69, 9.17) is 15.9 Å². The van der Waals surface area contributed by atoms with E-state index in [1.807, 2.05) is 13.8 Å². The summed E-state index contributed by atoms with van der Waals surface area (Å²) in [6.07, 6.45) is 0.575. The molecule has 1 amide bonds. The van der Waals surface area contributed by atoms with Crippen LogP contribution in [0.1, 0.15) is 33.1 Å². The highest BCUT2D eigenvalue weighted by atomic mass is 32.2. The zero-order valence-electron chi connectivity index (χ0n) is 13.4. The number of aliphatic hydroxyl groups is 1. The maximum atomic E-state index is 11.7. The Morgan fingerprint density at radius 1 is 1.22 bits per heavy atom. The Morgan fingerprint density at radius 3 is 2.26 bits per heavy atom. The topological polar surface area (TPSA) is 150 Å². The predicted octanol–water partition coefficient (Wildman–Crippen LogP) is -0.112. The van der Waals surface area contributed by atoms with Crippen LogP contribution in [0.25, 0.3) is 0 Å². The van der Waals surface area contributed by atoms with Gasteiger partial charge in [0.1, 0.15) is 12.1 Å². The lowest BCUT2D eigenvalue weighted by Gasteiger charge is -2.22. The summed E-state index contributed by atoms with van der Waals surface area (Å²) in [5, 5.41) is 29.4. The van der Waals surface area contributed by atoms with Gasteiger partial charge >= 0.3 is 11.9 Å². The van der Waals surface area contributed by atoms with Gasteiger partial charge in [-0.15, -0.1) is 0 Å². The fourth-order valence-corrected chi connectivity index (χ4v) is 3.19. The Hall–Kier alpha value is -1.32. The molecule has 4 atom stereocenters. The van der Waals surface area contributed by atoms with Crippen LogP contribution in [0.3, 0.4) is 0 Å². The molecule has 6 N–H and O–H groups in total. The predicted molar refractivity (Wildman–Crippen MR) is 87.2 cm³/mol. The van der Waals surface area contributed by atoms with Gasteiger partial charge in [0.15, 0.2) is 0 Å². The number of carboxylic acid groups (broad SMARTS) is 2. The number of carboxylic acids is 2. The van der Waals surface area contributed by atoms with Crippen molar-refractivity contribution in [3.63, 3.8) is 0 Å². The average molecular weight is 350 g/mol. The van der Waals surface area contributed by atoms with Crippen LogP contribution in [0.5, 0.6) is 0 Å². The van der Waals surface area contributed by atoms with E-state index < -0.39 is 29.9 Å². The van der Waals surface area contributed by atoms with Gasteiger partial charge < -0.3 is 26.4 Å². The second-order valence-electron chi connectivity index (χ2n) is 5.38. The molecule has 8 nitrogen and oxygen atoms in total. The molecule has 0 aromatic rings. The van der Waals surface area contributed by atoms with Gasteiger partial charge in [-0.3, -0.25) is 9.59 Å². The number of aliphatic carboxylic acids is 2. The van der Waals surface area contributed by atoms with Crippen molar-refractivity contribution in [3.05, 3.63) is 0 Å². The molecule has 0 aliphatic carbocycles. The highest BCUT2D eigenvalue weighted by Crippen LogP contribution is 2.23. The minimum atomic E-state index is -1.20. The normalized spacial score (nSPS) is 16.2. The third-order valence-corrected chi connectivity index (χ3v) is 5.19. The van der Waals surface area contributed by atoms with Gasteiger partial charge in [-0.2, -0.15) is 11.8 Å². The van der Waals surface area contributed by atoms with E-state index >= 15 is 0 Å². The molecule has 0 spiro atoms. The number of thioether (sulfide) groups is 1. The molecule has 0 aliphatic rings. The lowest BCUT2D eigenvalue weighted by Crippen LogP contribution is -2.43. The number of nitrogens with two attached hydrogens (primary N) is 1. The average Bonchev–Trinajstić information content (AvgIpc) is 2.50. The summed E-state index contributed by atoms with van der Waals surface area (Å²) in [7, 11) is 0. The second-order valence-corrected chi connectivity index (χ2v) is 6.65. The van der Waals surface area contributed by atoms with Crippen molar-refractivity contribution in [2.24, 2.45) is 11.7 Å². The summed E-state index contributed by atoms with van der Waals surface area (Å²) < 4.78 is 0. The highest BCUT2D eigenvalue weighted by molar-refractivity contribution is 8.00. The Morgan fingerprint density at radius 2 is 1.83 bits per heavy atom. The van der Waals surface area contributed by atoms with Gasteiger partial charge in [0.05, 0.1) is 0 Å². The van der Waals surface area contributed by atoms with Crippen LogP contribution >= 0.6 is 11.8 Å². The minimum absolute atomic E-state index is 0.0165. The Bertz CT molecular complexity index is 407. The summed E-state index contributed by atoms with van der Waals surface area (Å²) in [5.74, 6) is -2.69. The van der Waals surface area contributed by atoms with Crippen molar-refractivity contribution in [3.8, 4) is 0 Å². The molecule has 0 saturated heterocycles. The lowest BCUT2D eigenvalue weighted by atomic mass is 10.1. The van der Waals surface area contributed by atoms with Crippen LogP contribution in [0.15, 0.2) is 0 Å². The number of rotatable bonds is 12. The van der Waals surface area contributed by atoms with Gasteiger partial charge in [-0.1, -0.05) is 13.8 Å². The molecule has 0 aromatic heterocycles. The zero-order valence-corrected chi connectivity index (χ0v) is 14.2. The molecule has 0 aromatic carbocycles. The van der Waals surface area contributed by atoms with Crippen molar-refractivity contribution in [2.45, 2.75) is 50.4 Å². The van der Waals surface area contributed by atoms with Gasteiger partial charge in [0.25, 0.3) is 0 Å². The van der Waals surface area contributed by atoms with Crippen LogP contribution in [0.2, 0.25) is 0 Å². The molecule has 2 unspecified atom stereocenters. The number of amides is 1. The number of hydrogen-bond acceptors (Lipinski definition) is 6. The molecule has 134 valence electrons. The SMILES string of the molecule is CCC(SC[C@H](NC(=O)CC[C@H](N)C(=O)O)C(=O)O)C(C)CO. The third-order valence-electron chi connectivity index (χ3n) is 3.43. The van der Waals surface area contributed by atoms with Crippen LogP contribution in [0.4, 0.5) is 0 Å². The number of carbonyl (C=O) groups excluding carboxylic acids is 1. The van der Waals surface area contributed by atoms with Crippen LogP contribution < -0.4 is 11.1 Å². The Labute approximate surface area is 139 Å². The van der Waals surface area contributed by atoms with Crippen LogP contribution in [0, 0.1) is 5.92 Å². The summed E-state index contributed by atoms with van der Waals surface area (Å²) in [5.41, 5.74) is 5.30.